The van der Waals surface area contributed by atoms with Crippen LogP contribution in [0.5, 0.6) is 0 Å². The average Bonchev–Trinajstić information content (AvgIpc) is 2.69. The second kappa shape index (κ2) is 7.08. The van der Waals surface area contributed by atoms with Gasteiger partial charge in [-0.15, -0.1) is 0 Å². The van der Waals surface area contributed by atoms with E-state index in [0.29, 0.717) is 0 Å². The molecule has 4 aromatic carbocycles. The van der Waals surface area contributed by atoms with Gasteiger partial charge in [0.2, 0.25) is 0 Å². The molecule has 0 aliphatic heterocycles. The summed E-state index contributed by atoms with van der Waals surface area (Å²) in [5, 5.41) is 2.48. The summed E-state index contributed by atoms with van der Waals surface area (Å²) < 4.78 is 1.13. The molecular formula is C24H17Br. The van der Waals surface area contributed by atoms with E-state index in [1.165, 1.54) is 33.0 Å². The van der Waals surface area contributed by atoms with Crippen LogP contribution in [0.2, 0.25) is 0 Å². The molecule has 4 rings (SSSR count). The number of hydrogen-bond acceptors (Lipinski definition) is 0. The van der Waals surface area contributed by atoms with E-state index >= 15 is 0 Å². The lowest BCUT2D eigenvalue weighted by atomic mass is 9.94. The van der Waals surface area contributed by atoms with E-state index in [2.05, 4.69) is 119 Å². The molecule has 0 spiro atoms. The van der Waals surface area contributed by atoms with Crippen molar-refractivity contribution in [1.29, 1.82) is 0 Å². The molecule has 0 atom stereocenters. The highest BCUT2D eigenvalue weighted by molar-refractivity contribution is 9.10. The van der Waals surface area contributed by atoms with Crippen molar-refractivity contribution in [2.24, 2.45) is 0 Å². The lowest BCUT2D eigenvalue weighted by Crippen LogP contribution is -1.89. The molecule has 0 N–H and O–H groups in total. The predicted octanol–water partition coefficient (Wildman–Crippen LogP) is 7.19. The Balaban J connectivity index is 1.96. The number of halogens is 1. The molecule has 0 amide bonds. The van der Waals surface area contributed by atoms with Gasteiger partial charge in [0.1, 0.15) is 0 Å². The van der Waals surface area contributed by atoms with E-state index in [1.54, 1.807) is 0 Å². The van der Waals surface area contributed by atoms with Crippen molar-refractivity contribution in [3.05, 3.63) is 118 Å². The smallest absolute Gasteiger partial charge is 0.0254 e. The minimum Gasteiger partial charge on any atom is -0.0622 e. The van der Waals surface area contributed by atoms with E-state index in [-0.39, 0.29) is 0 Å². The van der Waals surface area contributed by atoms with Gasteiger partial charge in [-0.2, -0.15) is 0 Å². The maximum absolute atomic E-state index is 3.67. The van der Waals surface area contributed by atoms with Crippen LogP contribution >= 0.6 is 15.9 Å². The third-order valence-electron chi connectivity index (χ3n) is 4.37. The summed E-state index contributed by atoms with van der Waals surface area (Å²) in [5.74, 6) is 0. The van der Waals surface area contributed by atoms with Crippen molar-refractivity contribution >= 4 is 38.4 Å². The summed E-state index contributed by atoms with van der Waals surface area (Å²) in [7, 11) is 0. The number of rotatable bonds is 3. The van der Waals surface area contributed by atoms with Crippen LogP contribution in [0.3, 0.4) is 0 Å². The molecule has 0 unspecified atom stereocenters. The second-order valence-corrected chi connectivity index (χ2v) is 6.83. The van der Waals surface area contributed by atoms with Crippen LogP contribution < -0.4 is 0 Å². The van der Waals surface area contributed by atoms with Gasteiger partial charge in [-0.25, -0.2) is 0 Å². The zero-order chi connectivity index (χ0) is 17.1. The molecule has 0 saturated carbocycles. The first-order chi connectivity index (χ1) is 12.3. The Morgan fingerprint density at radius 3 is 1.68 bits per heavy atom. The molecular weight excluding hydrogens is 368 g/mol. The van der Waals surface area contributed by atoms with Crippen LogP contribution in [0.1, 0.15) is 16.7 Å². The lowest BCUT2D eigenvalue weighted by Gasteiger charge is -2.11. The SMILES string of the molecule is Brc1ccc(C=C(c2ccccc2)c2ccccc2)c2ccccc12. The summed E-state index contributed by atoms with van der Waals surface area (Å²) in [4.78, 5) is 0. The fourth-order valence-electron chi connectivity index (χ4n) is 3.14. The van der Waals surface area contributed by atoms with Gasteiger partial charge in [0.25, 0.3) is 0 Å². The quantitative estimate of drug-likeness (QED) is 0.327. The molecule has 0 saturated heterocycles. The minimum absolute atomic E-state index is 1.13. The first-order valence-corrected chi connectivity index (χ1v) is 9.12. The third-order valence-corrected chi connectivity index (χ3v) is 5.07. The molecule has 4 aromatic rings. The summed E-state index contributed by atoms with van der Waals surface area (Å²) in [6.45, 7) is 0. The van der Waals surface area contributed by atoms with Gasteiger partial charge < -0.3 is 0 Å². The van der Waals surface area contributed by atoms with E-state index in [4.69, 9.17) is 0 Å². The summed E-state index contributed by atoms with van der Waals surface area (Å²) in [6, 6.07) is 33.9. The van der Waals surface area contributed by atoms with Crippen LogP contribution in [-0.2, 0) is 0 Å². The predicted molar refractivity (Wildman–Crippen MR) is 112 cm³/mol. The Morgan fingerprint density at radius 1 is 0.560 bits per heavy atom. The van der Waals surface area contributed by atoms with Crippen LogP contribution in [0.15, 0.2) is 102 Å². The molecule has 25 heavy (non-hydrogen) atoms. The summed E-state index contributed by atoms with van der Waals surface area (Å²) in [6.07, 6.45) is 2.29. The molecule has 1 heteroatoms. The maximum Gasteiger partial charge on any atom is 0.0254 e. The van der Waals surface area contributed by atoms with E-state index in [1.807, 2.05) is 0 Å². The minimum atomic E-state index is 1.13. The number of hydrogen-bond donors (Lipinski definition) is 0. The molecule has 0 aliphatic rings. The summed E-state index contributed by atoms with van der Waals surface area (Å²) >= 11 is 3.67. The van der Waals surface area contributed by atoms with Gasteiger partial charge in [0.15, 0.2) is 0 Å². The van der Waals surface area contributed by atoms with Crippen LogP contribution in [0.25, 0.3) is 22.4 Å². The van der Waals surface area contributed by atoms with Gasteiger partial charge in [0.05, 0.1) is 0 Å². The Morgan fingerprint density at radius 2 is 1.08 bits per heavy atom. The van der Waals surface area contributed by atoms with Crippen LogP contribution in [-0.4, -0.2) is 0 Å². The topological polar surface area (TPSA) is 0 Å². The Labute approximate surface area is 156 Å². The molecule has 0 fully saturated rings. The summed E-state index contributed by atoms with van der Waals surface area (Å²) in [5.41, 5.74) is 4.90. The molecule has 0 radical (unpaired) electrons. The van der Waals surface area contributed by atoms with Gasteiger partial charge in [-0.3, -0.25) is 0 Å². The first-order valence-electron chi connectivity index (χ1n) is 8.33. The van der Waals surface area contributed by atoms with Crippen molar-refractivity contribution in [3.63, 3.8) is 0 Å². The third kappa shape index (κ3) is 3.29. The second-order valence-electron chi connectivity index (χ2n) is 5.97. The molecule has 0 aromatic heterocycles. The molecule has 0 bridgehead atoms. The van der Waals surface area contributed by atoms with E-state index in [9.17, 15) is 0 Å². The van der Waals surface area contributed by atoms with Crippen molar-refractivity contribution in [1.82, 2.24) is 0 Å². The molecule has 0 heterocycles. The lowest BCUT2D eigenvalue weighted by molar-refractivity contribution is 1.55. The Kier molecular flexibility index (Phi) is 4.49. The van der Waals surface area contributed by atoms with Gasteiger partial charge >= 0.3 is 0 Å². The van der Waals surface area contributed by atoms with E-state index in [0.717, 1.165) is 4.47 Å². The largest absolute Gasteiger partial charge is 0.0622 e. The zero-order valence-electron chi connectivity index (χ0n) is 13.7. The van der Waals surface area contributed by atoms with E-state index < -0.39 is 0 Å². The van der Waals surface area contributed by atoms with Crippen LogP contribution in [0.4, 0.5) is 0 Å². The highest BCUT2D eigenvalue weighted by Crippen LogP contribution is 2.31. The standard InChI is InChI=1S/C24H17Br/c25-24-16-15-20(21-13-7-8-14-22(21)24)17-23(18-9-3-1-4-10-18)19-11-5-2-6-12-19/h1-17H. The highest BCUT2D eigenvalue weighted by Gasteiger charge is 2.07. The Hall–Kier alpha value is -2.64. The normalized spacial score (nSPS) is 10.6. The van der Waals surface area contributed by atoms with Gasteiger partial charge in [-0.1, -0.05) is 107 Å². The monoisotopic (exact) mass is 384 g/mol. The van der Waals surface area contributed by atoms with Gasteiger partial charge in [-0.05, 0) is 45.2 Å². The number of fused-ring (bicyclic) bond motifs is 1. The van der Waals surface area contributed by atoms with Gasteiger partial charge in [0, 0.05) is 4.47 Å². The molecule has 120 valence electrons. The first kappa shape index (κ1) is 15.9. The molecule has 0 aliphatic carbocycles. The fourth-order valence-corrected chi connectivity index (χ4v) is 3.61. The van der Waals surface area contributed by atoms with Crippen molar-refractivity contribution < 1.29 is 0 Å². The zero-order valence-corrected chi connectivity index (χ0v) is 15.3. The van der Waals surface area contributed by atoms with Crippen LogP contribution in [0, 0.1) is 0 Å². The van der Waals surface area contributed by atoms with Crippen molar-refractivity contribution in [2.75, 3.05) is 0 Å². The number of benzene rings is 4. The Bertz CT molecular complexity index is 990. The van der Waals surface area contributed by atoms with Crippen molar-refractivity contribution in [2.45, 2.75) is 0 Å². The average molecular weight is 385 g/mol. The van der Waals surface area contributed by atoms with Crippen molar-refractivity contribution in [3.8, 4) is 0 Å². The highest BCUT2D eigenvalue weighted by atomic mass is 79.9. The molecule has 0 nitrogen and oxygen atoms in total. The maximum atomic E-state index is 3.67. The fraction of sp³-hybridized carbons (Fsp3) is 0.